The average Bonchev–Trinajstić information content (AvgIpc) is 3.11. The first-order chi connectivity index (χ1) is 12.1. The molecular formula is C18H26N2O4S. The molecule has 1 aliphatic rings. The van der Waals surface area contributed by atoms with Gasteiger partial charge in [-0.15, -0.1) is 11.8 Å². The minimum Gasteiger partial charge on any atom is -0.494 e. The Kier molecular flexibility index (Phi) is 7.58. The molecule has 0 N–H and O–H groups in total. The van der Waals surface area contributed by atoms with Crippen molar-refractivity contribution in [2.45, 2.75) is 19.4 Å². The van der Waals surface area contributed by atoms with Gasteiger partial charge in [-0.1, -0.05) is 0 Å². The Bertz CT molecular complexity index is 579. The zero-order valence-electron chi connectivity index (χ0n) is 15.1. The molecule has 0 saturated carbocycles. The molecule has 1 aromatic rings. The summed E-state index contributed by atoms with van der Waals surface area (Å²) in [6.45, 7) is 3.74. The Morgan fingerprint density at radius 2 is 2.04 bits per heavy atom. The molecular weight excluding hydrogens is 340 g/mol. The molecule has 25 heavy (non-hydrogen) atoms. The highest BCUT2D eigenvalue weighted by molar-refractivity contribution is 7.99. The van der Waals surface area contributed by atoms with Crippen LogP contribution in [0.25, 0.3) is 0 Å². The minimum absolute atomic E-state index is 0.0135. The van der Waals surface area contributed by atoms with E-state index in [1.54, 1.807) is 60.0 Å². The van der Waals surface area contributed by atoms with Crippen molar-refractivity contribution in [1.29, 1.82) is 0 Å². The van der Waals surface area contributed by atoms with Crippen LogP contribution in [0.5, 0.6) is 5.75 Å². The summed E-state index contributed by atoms with van der Waals surface area (Å²) in [7, 11) is 3.42. The number of methoxy groups -OCH3 is 1. The van der Waals surface area contributed by atoms with Gasteiger partial charge in [-0.3, -0.25) is 9.59 Å². The van der Waals surface area contributed by atoms with E-state index < -0.39 is 6.04 Å². The first-order valence-corrected chi connectivity index (χ1v) is 9.59. The summed E-state index contributed by atoms with van der Waals surface area (Å²) < 4.78 is 10.4. The monoisotopic (exact) mass is 366 g/mol. The van der Waals surface area contributed by atoms with Crippen molar-refractivity contribution in [3.8, 4) is 5.75 Å². The third-order valence-electron chi connectivity index (χ3n) is 4.06. The topological polar surface area (TPSA) is 59.1 Å². The first-order valence-electron chi connectivity index (χ1n) is 8.44. The molecule has 1 aromatic carbocycles. The van der Waals surface area contributed by atoms with Crippen LogP contribution < -0.4 is 4.74 Å². The number of hydrogen-bond acceptors (Lipinski definition) is 5. The van der Waals surface area contributed by atoms with E-state index in [9.17, 15) is 9.59 Å². The summed E-state index contributed by atoms with van der Waals surface area (Å²) >= 11 is 1.61. The number of carbonyl (C=O) groups is 2. The summed E-state index contributed by atoms with van der Waals surface area (Å²) in [5.74, 6) is 1.78. The number of nitrogens with zero attached hydrogens (tertiary/aromatic N) is 2. The number of carbonyl (C=O) groups excluding carboxylic acids is 2. The maximum atomic E-state index is 12.8. The zero-order valence-corrected chi connectivity index (χ0v) is 15.9. The van der Waals surface area contributed by atoms with Crippen LogP contribution in [-0.2, 0) is 9.53 Å². The smallest absolute Gasteiger partial charge is 0.255 e. The summed E-state index contributed by atoms with van der Waals surface area (Å²) in [4.78, 5) is 28.8. The highest BCUT2D eigenvalue weighted by atomic mass is 32.2. The minimum atomic E-state index is -0.406. The number of hydrogen-bond donors (Lipinski definition) is 0. The molecule has 1 saturated heterocycles. The fourth-order valence-corrected chi connectivity index (χ4v) is 3.83. The lowest BCUT2D eigenvalue weighted by atomic mass is 10.1. The SMILES string of the molecule is CCOc1ccc(C(=O)N2CSCC2C(=O)N(C)CCCOC)cc1. The number of amides is 2. The maximum Gasteiger partial charge on any atom is 0.255 e. The van der Waals surface area contributed by atoms with E-state index >= 15 is 0 Å². The molecule has 7 heteroatoms. The Morgan fingerprint density at radius 3 is 2.68 bits per heavy atom. The van der Waals surface area contributed by atoms with Gasteiger partial charge in [0.2, 0.25) is 5.91 Å². The van der Waals surface area contributed by atoms with Crippen LogP contribution in [0, 0.1) is 0 Å². The third-order valence-corrected chi connectivity index (χ3v) is 5.07. The van der Waals surface area contributed by atoms with Crippen molar-refractivity contribution in [3.63, 3.8) is 0 Å². The largest absolute Gasteiger partial charge is 0.494 e. The van der Waals surface area contributed by atoms with Crippen molar-refractivity contribution in [2.24, 2.45) is 0 Å². The molecule has 1 aliphatic heterocycles. The number of benzene rings is 1. The Balaban J connectivity index is 2.01. The van der Waals surface area contributed by atoms with Crippen molar-refractivity contribution in [1.82, 2.24) is 9.80 Å². The van der Waals surface area contributed by atoms with Gasteiger partial charge in [0, 0.05) is 38.6 Å². The maximum absolute atomic E-state index is 12.8. The van der Waals surface area contributed by atoms with E-state index in [0.29, 0.717) is 37.0 Å². The highest BCUT2D eigenvalue weighted by Gasteiger charge is 2.36. The van der Waals surface area contributed by atoms with E-state index in [4.69, 9.17) is 9.47 Å². The summed E-state index contributed by atoms with van der Waals surface area (Å²) in [5, 5.41) is 0. The second-order valence-electron chi connectivity index (χ2n) is 5.85. The zero-order chi connectivity index (χ0) is 18.2. The van der Waals surface area contributed by atoms with Gasteiger partial charge in [0.25, 0.3) is 5.91 Å². The quantitative estimate of drug-likeness (QED) is 0.660. The number of thioether (sulfide) groups is 1. The van der Waals surface area contributed by atoms with E-state index in [1.165, 1.54) is 0 Å². The number of likely N-dealkylation sites (N-methyl/N-ethyl adjacent to an activating group) is 1. The van der Waals surface area contributed by atoms with E-state index in [2.05, 4.69) is 0 Å². The van der Waals surface area contributed by atoms with Gasteiger partial charge < -0.3 is 19.3 Å². The van der Waals surface area contributed by atoms with E-state index in [1.807, 2.05) is 6.92 Å². The van der Waals surface area contributed by atoms with Crippen molar-refractivity contribution < 1.29 is 19.1 Å². The normalized spacial score (nSPS) is 16.8. The van der Waals surface area contributed by atoms with Gasteiger partial charge in [0.15, 0.2) is 0 Å². The molecule has 0 aromatic heterocycles. The lowest BCUT2D eigenvalue weighted by Crippen LogP contribution is -2.48. The van der Waals surface area contributed by atoms with Gasteiger partial charge in [0.05, 0.1) is 12.5 Å². The molecule has 0 radical (unpaired) electrons. The van der Waals surface area contributed by atoms with Crippen molar-refractivity contribution in [3.05, 3.63) is 29.8 Å². The van der Waals surface area contributed by atoms with Gasteiger partial charge in [-0.25, -0.2) is 0 Å². The molecule has 0 spiro atoms. The molecule has 1 heterocycles. The van der Waals surface area contributed by atoms with Gasteiger partial charge in [-0.05, 0) is 37.6 Å². The van der Waals surface area contributed by atoms with Crippen LogP contribution >= 0.6 is 11.8 Å². The van der Waals surface area contributed by atoms with Crippen LogP contribution in [0.1, 0.15) is 23.7 Å². The summed E-state index contributed by atoms with van der Waals surface area (Å²) in [5.41, 5.74) is 0.575. The second kappa shape index (κ2) is 9.68. The van der Waals surface area contributed by atoms with Gasteiger partial charge >= 0.3 is 0 Å². The molecule has 2 rings (SSSR count). The summed E-state index contributed by atoms with van der Waals surface area (Å²) in [6, 6.07) is 6.67. The van der Waals surface area contributed by atoms with E-state index in [0.717, 1.165) is 12.2 Å². The predicted molar refractivity (Wildman–Crippen MR) is 99.0 cm³/mol. The predicted octanol–water partition coefficient (Wildman–Crippen LogP) is 2.10. The van der Waals surface area contributed by atoms with Crippen molar-refractivity contribution >= 4 is 23.6 Å². The fraction of sp³-hybridized carbons (Fsp3) is 0.556. The molecule has 1 fully saturated rings. The van der Waals surface area contributed by atoms with Crippen LogP contribution in [0.4, 0.5) is 0 Å². The Hall–Kier alpha value is -1.73. The first kappa shape index (κ1) is 19.6. The fourth-order valence-electron chi connectivity index (χ4n) is 2.68. The molecule has 2 amide bonds. The standard InChI is InChI=1S/C18H26N2O4S/c1-4-24-15-8-6-14(7-9-15)17(21)20-13-25-12-16(20)18(22)19(2)10-5-11-23-3/h6-9,16H,4-5,10-13H2,1-3H3. The number of ether oxygens (including phenoxy) is 2. The average molecular weight is 366 g/mol. The lowest BCUT2D eigenvalue weighted by molar-refractivity contribution is -0.133. The molecule has 0 aliphatic carbocycles. The van der Waals surface area contributed by atoms with Crippen LogP contribution in [0.15, 0.2) is 24.3 Å². The Morgan fingerprint density at radius 1 is 1.32 bits per heavy atom. The Labute approximate surface area is 153 Å². The van der Waals surface area contributed by atoms with Crippen LogP contribution in [0.3, 0.4) is 0 Å². The highest BCUT2D eigenvalue weighted by Crippen LogP contribution is 2.25. The van der Waals surface area contributed by atoms with Crippen LogP contribution in [-0.4, -0.2) is 73.2 Å². The van der Waals surface area contributed by atoms with E-state index in [-0.39, 0.29) is 11.8 Å². The molecule has 6 nitrogen and oxygen atoms in total. The lowest BCUT2D eigenvalue weighted by Gasteiger charge is -2.27. The second-order valence-corrected chi connectivity index (χ2v) is 6.85. The summed E-state index contributed by atoms with van der Waals surface area (Å²) in [6.07, 6.45) is 0.783. The molecule has 1 atom stereocenters. The van der Waals surface area contributed by atoms with Crippen LogP contribution in [0.2, 0.25) is 0 Å². The third kappa shape index (κ3) is 5.12. The van der Waals surface area contributed by atoms with Gasteiger partial charge in [0.1, 0.15) is 11.8 Å². The number of rotatable bonds is 8. The molecule has 0 bridgehead atoms. The van der Waals surface area contributed by atoms with Crippen molar-refractivity contribution in [2.75, 3.05) is 45.5 Å². The molecule has 1 unspecified atom stereocenters. The molecule has 138 valence electrons. The van der Waals surface area contributed by atoms with Gasteiger partial charge in [-0.2, -0.15) is 0 Å².